The van der Waals surface area contributed by atoms with Gasteiger partial charge in [0.25, 0.3) is 0 Å². The molecule has 0 radical (unpaired) electrons. The molecule has 2 N–H and O–H groups in total. The summed E-state index contributed by atoms with van der Waals surface area (Å²) < 4.78 is 5.61. The molecule has 25 heavy (non-hydrogen) atoms. The van der Waals surface area contributed by atoms with Gasteiger partial charge in [0.15, 0.2) is 0 Å². The monoisotopic (exact) mass is 350 g/mol. The van der Waals surface area contributed by atoms with E-state index in [9.17, 15) is 15.0 Å². The summed E-state index contributed by atoms with van der Waals surface area (Å²) in [7, 11) is 0. The zero-order chi connectivity index (χ0) is 18.0. The smallest absolute Gasteiger partial charge is 0.303 e. The van der Waals surface area contributed by atoms with E-state index in [1.165, 1.54) is 13.3 Å². The topological polar surface area (TPSA) is 66.8 Å². The van der Waals surface area contributed by atoms with Crippen LogP contribution in [0.3, 0.4) is 0 Å². The summed E-state index contributed by atoms with van der Waals surface area (Å²) >= 11 is 0. The fourth-order valence-electron chi connectivity index (χ4n) is 7.61. The highest BCUT2D eigenvalue weighted by atomic mass is 16.6. The molecule has 4 fully saturated rings. The fraction of sp³-hybridized carbons (Fsp3) is 0.952. The lowest BCUT2D eigenvalue weighted by Gasteiger charge is -2.61. The predicted octanol–water partition coefficient (Wildman–Crippen LogP) is 3.29. The van der Waals surface area contributed by atoms with Crippen LogP contribution in [0, 0.1) is 34.5 Å². The predicted molar refractivity (Wildman–Crippen MR) is 94.7 cm³/mol. The summed E-state index contributed by atoms with van der Waals surface area (Å²) in [5.41, 5.74) is 0.255. The van der Waals surface area contributed by atoms with Crippen LogP contribution in [-0.4, -0.2) is 34.5 Å². The van der Waals surface area contributed by atoms with Crippen molar-refractivity contribution < 1.29 is 19.7 Å². The van der Waals surface area contributed by atoms with Gasteiger partial charge in [0.1, 0.15) is 6.10 Å². The molecule has 4 rings (SSSR count). The Morgan fingerprint density at radius 3 is 2.24 bits per heavy atom. The van der Waals surface area contributed by atoms with Gasteiger partial charge in [-0.1, -0.05) is 13.8 Å². The number of hydrogen-bond acceptors (Lipinski definition) is 4. The third-order valence-corrected chi connectivity index (χ3v) is 8.95. The highest BCUT2D eigenvalue weighted by molar-refractivity contribution is 5.66. The molecule has 0 spiro atoms. The molecule has 0 bridgehead atoms. The zero-order valence-corrected chi connectivity index (χ0v) is 15.9. The number of ether oxygens (including phenoxy) is 1. The molecule has 9 atom stereocenters. The van der Waals surface area contributed by atoms with Crippen molar-refractivity contribution in [3.63, 3.8) is 0 Å². The minimum atomic E-state index is -0.513. The van der Waals surface area contributed by atoms with E-state index in [1.807, 2.05) is 0 Å². The minimum Gasteiger partial charge on any atom is -0.459 e. The van der Waals surface area contributed by atoms with E-state index in [0.29, 0.717) is 17.8 Å². The van der Waals surface area contributed by atoms with Crippen molar-refractivity contribution in [2.75, 3.05) is 0 Å². The number of rotatable bonds is 1. The first-order valence-electron chi connectivity index (χ1n) is 10.3. The second kappa shape index (κ2) is 5.95. The molecule has 0 heterocycles. The van der Waals surface area contributed by atoms with E-state index in [2.05, 4.69) is 13.8 Å². The van der Waals surface area contributed by atoms with Crippen LogP contribution in [0.5, 0.6) is 0 Å². The van der Waals surface area contributed by atoms with Gasteiger partial charge in [0, 0.05) is 12.8 Å². The largest absolute Gasteiger partial charge is 0.459 e. The van der Waals surface area contributed by atoms with Crippen molar-refractivity contribution in [3.8, 4) is 0 Å². The maximum Gasteiger partial charge on any atom is 0.303 e. The number of esters is 1. The van der Waals surface area contributed by atoms with Crippen LogP contribution in [0.4, 0.5) is 0 Å². The van der Waals surface area contributed by atoms with E-state index < -0.39 is 6.10 Å². The van der Waals surface area contributed by atoms with Crippen LogP contribution in [-0.2, 0) is 9.53 Å². The van der Waals surface area contributed by atoms with Gasteiger partial charge < -0.3 is 14.9 Å². The summed E-state index contributed by atoms with van der Waals surface area (Å²) in [4.78, 5) is 11.6. The summed E-state index contributed by atoms with van der Waals surface area (Å²) in [6, 6.07) is 0. The molecule has 0 aromatic heterocycles. The van der Waals surface area contributed by atoms with Gasteiger partial charge in [-0.05, 0) is 80.0 Å². The van der Waals surface area contributed by atoms with Crippen LogP contribution in [0.25, 0.3) is 0 Å². The molecule has 0 saturated heterocycles. The molecule has 0 amide bonds. The van der Waals surface area contributed by atoms with Gasteiger partial charge in [-0.25, -0.2) is 0 Å². The Hall–Kier alpha value is -0.610. The molecule has 4 saturated carbocycles. The second-order valence-electron chi connectivity index (χ2n) is 9.88. The van der Waals surface area contributed by atoms with Gasteiger partial charge in [-0.3, -0.25) is 4.79 Å². The molecule has 4 nitrogen and oxygen atoms in total. The Bertz CT molecular complexity index is 548. The number of carbonyl (C=O) groups excluding carboxylic acids is 1. The molecule has 4 aliphatic rings. The molecular formula is C21H34O4. The molecule has 0 aromatic carbocycles. The lowest BCUT2D eigenvalue weighted by atomic mass is 9.44. The average molecular weight is 350 g/mol. The molecule has 0 aromatic rings. The van der Waals surface area contributed by atoms with Crippen LogP contribution in [0.1, 0.15) is 72.1 Å². The Kier molecular flexibility index (Phi) is 4.23. The number of hydrogen-bond donors (Lipinski definition) is 2. The van der Waals surface area contributed by atoms with Crippen molar-refractivity contribution in [1.82, 2.24) is 0 Å². The van der Waals surface area contributed by atoms with Gasteiger partial charge in [0.2, 0.25) is 0 Å². The van der Waals surface area contributed by atoms with Gasteiger partial charge in [-0.2, -0.15) is 0 Å². The number of aliphatic hydroxyl groups is 2. The SMILES string of the molecule is CC(=O)OC1C(O)CC[C@@]2(C)C1CC[C@@H]1[C@H]2CC[C@]2(C)C(O)CC[C@@H]12. The Labute approximate surface area is 151 Å². The molecule has 4 aliphatic carbocycles. The lowest BCUT2D eigenvalue weighted by molar-refractivity contribution is -0.196. The number of fused-ring (bicyclic) bond motifs is 5. The zero-order valence-electron chi connectivity index (χ0n) is 15.9. The van der Waals surface area contributed by atoms with Crippen molar-refractivity contribution in [2.24, 2.45) is 34.5 Å². The van der Waals surface area contributed by atoms with Crippen molar-refractivity contribution in [3.05, 3.63) is 0 Å². The van der Waals surface area contributed by atoms with E-state index in [1.54, 1.807) is 0 Å². The summed E-state index contributed by atoms with van der Waals surface area (Å²) in [5, 5.41) is 21.0. The second-order valence-corrected chi connectivity index (χ2v) is 9.88. The normalized spacial score (nSPS) is 55.0. The molecule has 0 aliphatic heterocycles. The Balaban J connectivity index is 1.62. The van der Waals surface area contributed by atoms with Crippen LogP contribution < -0.4 is 0 Å². The molecule has 142 valence electrons. The lowest BCUT2D eigenvalue weighted by Crippen LogP contribution is -2.59. The molecule has 4 heteroatoms. The average Bonchev–Trinajstić information content (AvgIpc) is 2.86. The van der Waals surface area contributed by atoms with Gasteiger partial charge >= 0.3 is 5.97 Å². The molecular weight excluding hydrogens is 316 g/mol. The van der Waals surface area contributed by atoms with Crippen LogP contribution in [0.15, 0.2) is 0 Å². The van der Waals surface area contributed by atoms with Gasteiger partial charge in [-0.15, -0.1) is 0 Å². The quantitative estimate of drug-likeness (QED) is 0.712. The van der Waals surface area contributed by atoms with Crippen LogP contribution in [0.2, 0.25) is 0 Å². The summed E-state index contributed by atoms with van der Waals surface area (Å²) in [6.45, 7) is 6.16. The van der Waals surface area contributed by atoms with E-state index in [4.69, 9.17) is 4.74 Å². The standard InChI is InChI=1S/C21H34O4/c1-12(22)25-19-16-5-4-13-14-6-7-18(24)21(14,3)10-8-15(13)20(16,2)11-9-17(19)23/h13-19,23-24H,4-11H2,1-3H3/t13-,14-,15+,16?,17?,18?,19?,20+,21-/m0/s1. The third kappa shape index (κ3) is 2.50. The molecule has 4 unspecified atom stereocenters. The Morgan fingerprint density at radius 2 is 1.52 bits per heavy atom. The fourth-order valence-corrected chi connectivity index (χ4v) is 7.61. The first-order valence-corrected chi connectivity index (χ1v) is 10.3. The van der Waals surface area contributed by atoms with E-state index in [-0.39, 0.29) is 34.9 Å². The van der Waals surface area contributed by atoms with Crippen molar-refractivity contribution >= 4 is 5.97 Å². The minimum absolute atomic E-state index is 0.105. The highest BCUT2D eigenvalue weighted by Crippen LogP contribution is 2.66. The first kappa shape index (κ1) is 17.8. The van der Waals surface area contributed by atoms with Crippen LogP contribution >= 0.6 is 0 Å². The van der Waals surface area contributed by atoms with Crippen molar-refractivity contribution in [2.45, 2.75) is 90.4 Å². The van der Waals surface area contributed by atoms with Crippen molar-refractivity contribution in [1.29, 1.82) is 0 Å². The van der Waals surface area contributed by atoms with E-state index in [0.717, 1.165) is 44.9 Å². The summed E-state index contributed by atoms with van der Waals surface area (Å²) in [5.74, 6) is 1.96. The number of carbonyl (C=O) groups is 1. The number of aliphatic hydroxyl groups excluding tert-OH is 2. The van der Waals surface area contributed by atoms with E-state index >= 15 is 0 Å². The Morgan fingerprint density at radius 1 is 0.880 bits per heavy atom. The van der Waals surface area contributed by atoms with Gasteiger partial charge in [0.05, 0.1) is 12.2 Å². The first-order chi connectivity index (χ1) is 11.8. The highest BCUT2D eigenvalue weighted by Gasteiger charge is 2.62. The maximum absolute atomic E-state index is 11.6. The maximum atomic E-state index is 11.6. The summed E-state index contributed by atoms with van der Waals surface area (Å²) in [6.07, 6.45) is 7.38. The third-order valence-electron chi connectivity index (χ3n) is 8.95.